The Bertz CT molecular complexity index is 382. The fourth-order valence-electron chi connectivity index (χ4n) is 2.58. The van der Waals surface area contributed by atoms with Crippen LogP contribution in [-0.4, -0.2) is 19.5 Å². The minimum absolute atomic E-state index is 0.276. The third-order valence-electron chi connectivity index (χ3n) is 3.15. The molecule has 1 N–H and O–H groups in total. The molecule has 0 amide bonds. The molecule has 1 nitrogen and oxygen atoms in total. The first-order valence-electron chi connectivity index (χ1n) is 5.27. The van der Waals surface area contributed by atoms with Crippen LogP contribution in [0.3, 0.4) is 0 Å². The minimum atomic E-state index is -2.65. The van der Waals surface area contributed by atoms with Crippen molar-refractivity contribution in [1.82, 2.24) is 5.32 Å². The monoisotopic (exact) mass is 229 g/mol. The van der Waals surface area contributed by atoms with Gasteiger partial charge in [0, 0.05) is 24.8 Å². The van der Waals surface area contributed by atoms with Crippen LogP contribution < -0.4 is 5.32 Å². The van der Waals surface area contributed by atoms with Gasteiger partial charge in [-0.25, -0.2) is 13.2 Å². The van der Waals surface area contributed by atoms with Crippen molar-refractivity contribution in [2.45, 2.75) is 24.2 Å². The summed E-state index contributed by atoms with van der Waals surface area (Å²) < 4.78 is 39.7. The number of halogens is 3. The van der Waals surface area contributed by atoms with Crippen molar-refractivity contribution in [1.29, 1.82) is 0 Å². The number of hydrogen-bond acceptors (Lipinski definition) is 1. The fourth-order valence-corrected chi connectivity index (χ4v) is 2.58. The molecule has 0 saturated heterocycles. The summed E-state index contributed by atoms with van der Waals surface area (Å²) in [4.78, 5) is 0. The quantitative estimate of drug-likeness (QED) is 0.840. The van der Waals surface area contributed by atoms with Gasteiger partial charge in [-0.2, -0.15) is 0 Å². The molecule has 2 rings (SSSR count). The van der Waals surface area contributed by atoms with Gasteiger partial charge in [0.05, 0.1) is 0 Å². The SMILES string of the molecule is CNCC1(c2ccccc2F)CC(F)(F)C1. The lowest BCUT2D eigenvalue weighted by atomic mass is 9.62. The zero-order valence-corrected chi connectivity index (χ0v) is 9.06. The van der Waals surface area contributed by atoms with E-state index in [1.165, 1.54) is 6.07 Å². The lowest BCUT2D eigenvalue weighted by molar-refractivity contribution is -0.126. The second-order valence-corrected chi connectivity index (χ2v) is 4.50. The lowest BCUT2D eigenvalue weighted by Crippen LogP contribution is -2.54. The van der Waals surface area contributed by atoms with Crippen LogP contribution in [0.5, 0.6) is 0 Å². The molecule has 0 spiro atoms. The number of hydrogen-bond donors (Lipinski definition) is 1. The standard InChI is InChI=1S/C12H14F3N/c1-16-8-11(6-12(14,15)7-11)9-4-2-3-5-10(9)13/h2-5,16H,6-8H2,1H3. The van der Waals surface area contributed by atoms with E-state index in [4.69, 9.17) is 0 Å². The second-order valence-electron chi connectivity index (χ2n) is 4.50. The molecule has 16 heavy (non-hydrogen) atoms. The van der Waals surface area contributed by atoms with Crippen LogP contribution in [0, 0.1) is 5.82 Å². The van der Waals surface area contributed by atoms with Crippen LogP contribution in [0.2, 0.25) is 0 Å². The molecule has 0 aliphatic heterocycles. The predicted molar refractivity (Wildman–Crippen MR) is 56.2 cm³/mol. The van der Waals surface area contributed by atoms with E-state index in [0.29, 0.717) is 12.1 Å². The Morgan fingerprint density at radius 1 is 1.25 bits per heavy atom. The molecule has 1 aromatic carbocycles. The molecule has 0 heterocycles. The third-order valence-corrected chi connectivity index (χ3v) is 3.15. The van der Waals surface area contributed by atoms with Crippen molar-refractivity contribution in [3.63, 3.8) is 0 Å². The number of likely N-dealkylation sites (N-methyl/N-ethyl adjacent to an activating group) is 1. The van der Waals surface area contributed by atoms with Crippen molar-refractivity contribution >= 4 is 0 Å². The molecule has 0 bridgehead atoms. The first kappa shape index (κ1) is 11.5. The first-order chi connectivity index (χ1) is 7.49. The van der Waals surface area contributed by atoms with E-state index in [9.17, 15) is 13.2 Å². The second kappa shape index (κ2) is 3.77. The smallest absolute Gasteiger partial charge is 0.250 e. The Morgan fingerprint density at radius 3 is 2.38 bits per heavy atom. The highest BCUT2D eigenvalue weighted by molar-refractivity contribution is 5.32. The molecule has 4 heteroatoms. The molecular formula is C12H14F3N. The van der Waals surface area contributed by atoms with E-state index in [1.807, 2.05) is 0 Å². The molecule has 1 aliphatic rings. The highest BCUT2D eigenvalue weighted by Crippen LogP contribution is 2.53. The Labute approximate surface area is 92.7 Å². The number of rotatable bonds is 3. The summed E-state index contributed by atoms with van der Waals surface area (Å²) >= 11 is 0. The van der Waals surface area contributed by atoms with Crippen molar-refractivity contribution in [2.24, 2.45) is 0 Å². The van der Waals surface area contributed by atoms with E-state index in [0.717, 1.165) is 0 Å². The van der Waals surface area contributed by atoms with Crippen LogP contribution in [0.1, 0.15) is 18.4 Å². The predicted octanol–water partition coefficient (Wildman–Crippen LogP) is 2.71. The number of nitrogens with one attached hydrogen (secondary N) is 1. The van der Waals surface area contributed by atoms with Gasteiger partial charge in [0.15, 0.2) is 0 Å². The van der Waals surface area contributed by atoms with Crippen molar-refractivity contribution in [3.8, 4) is 0 Å². The van der Waals surface area contributed by atoms with E-state index in [-0.39, 0.29) is 12.8 Å². The molecule has 88 valence electrons. The van der Waals surface area contributed by atoms with Crippen molar-refractivity contribution in [3.05, 3.63) is 35.6 Å². The summed E-state index contributed by atoms with van der Waals surface area (Å²) in [6.07, 6.45) is -0.552. The van der Waals surface area contributed by atoms with Crippen molar-refractivity contribution < 1.29 is 13.2 Å². The van der Waals surface area contributed by atoms with Gasteiger partial charge in [-0.3, -0.25) is 0 Å². The average molecular weight is 229 g/mol. The van der Waals surface area contributed by atoms with Gasteiger partial charge in [0.1, 0.15) is 5.82 Å². The van der Waals surface area contributed by atoms with Gasteiger partial charge in [-0.1, -0.05) is 18.2 Å². The molecule has 0 unspecified atom stereocenters. The Morgan fingerprint density at radius 2 is 1.88 bits per heavy atom. The maximum absolute atomic E-state index is 13.6. The van der Waals surface area contributed by atoms with Gasteiger partial charge in [0.2, 0.25) is 5.92 Å². The Balaban J connectivity index is 2.32. The van der Waals surface area contributed by atoms with Crippen LogP contribution in [-0.2, 0) is 5.41 Å². The molecule has 1 saturated carbocycles. The Hall–Kier alpha value is -1.03. The van der Waals surface area contributed by atoms with Gasteiger partial charge < -0.3 is 5.32 Å². The normalized spacial score (nSPS) is 21.5. The number of alkyl halides is 2. The lowest BCUT2D eigenvalue weighted by Gasteiger charge is -2.47. The maximum atomic E-state index is 13.6. The maximum Gasteiger partial charge on any atom is 0.250 e. The zero-order valence-electron chi connectivity index (χ0n) is 9.06. The molecule has 0 aromatic heterocycles. The average Bonchev–Trinajstić information content (AvgIpc) is 2.15. The van der Waals surface area contributed by atoms with Crippen LogP contribution >= 0.6 is 0 Å². The van der Waals surface area contributed by atoms with Gasteiger partial charge in [-0.15, -0.1) is 0 Å². The fraction of sp³-hybridized carbons (Fsp3) is 0.500. The summed E-state index contributed by atoms with van der Waals surface area (Å²) in [6, 6.07) is 6.18. The first-order valence-corrected chi connectivity index (χ1v) is 5.27. The summed E-state index contributed by atoms with van der Waals surface area (Å²) in [6.45, 7) is 0.378. The van der Waals surface area contributed by atoms with Gasteiger partial charge in [-0.05, 0) is 18.7 Å². The van der Waals surface area contributed by atoms with Gasteiger partial charge >= 0.3 is 0 Å². The molecular weight excluding hydrogens is 215 g/mol. The highest BCUT2D eigenvalue weighted by Gasteiger charge is 2.57. The minimum Gasteiger partial charge on any atom is -0.319 e. The Kier molecular flexibility index (Phi) is 2.70. The van der Waals surface area contributed by atoms with E-state index in [2.05, 4.69) is 5.32 Å². The van der Waals surface area contributed by atoms with E-state index >= 15 is 0 Å². The van der Waals surface area contributed by atoms with Gasteiger partial charge in [0.25, 0.3) is 0 Å². The summed E-state index contributed by atoms with van der Waals surface area (Å²) in [5.41, 5.74) is -0.348. The topological polar surface area (TPSA) is 12.0 Å². The molecule has 1 fully saturated rings. The van der Waals surface area contributed by atoms with E-state index < -0.39 is 17.2 Å². The summed E-state index contributed by atoms with van der Waals surface area (Å²) in [7, 11) is 1.69. The van der Waals surface area contributed by atoms with Crippen LogP contribution in [0.4, 0.5) is 13.2 Å². The molecule has 0 atom stereocenters. The molecule has 1 aliphatic carbocycles. The largest absolute Gasteiger partial charge is 0.319 e. The summed E-state index contributed by atoms with van der Waals surface area (Å²) in [5, 5.41) is 2.87. The zero-order chi connectivity index (χ0) is 11.8. The summed E-state index contributed by atoms with van der Waals surface area (Å²) in [5.74, 6) is -3.05. The third kappa shape index (κ3) is 1.82. The number of benzene rings is 1. The molecule has 1 aromatic rings. The van der Waals surface area contributed by atoms with Crippen LogP contribution in [0.15, 0.2) is 24.3 Å². The van der Waals surface area contributed by atoms with Crippen molar-refractivity contribution in [2.75, 3.05) is 13.6 Å². The van der Waals surface area contributed by atoms with Crippen LogP contribution in [0.25, 0.3) is 0 Å². The molecule has 0 radical (unpaired) electrons. The van der Waals surface area contributed by atoms with E-state index in [1.54, 1.807) is 25.2 Å². The highest BCUT2D eigenvalue weighted by atomic mass is 19.3.